The van der Waals surface area contributed by atoms with Crippen LogP contribution in [0.1, 0.15) is 31.2 Å². The molecule has 5 nitrogen and oxygen atoms in total. The third kappa shape index (κ3) is 5.37. The zero-order chi connectivity index (χ0) is 18.2. The van der Waals surface area contributed by atoms with Gasteiger partial charge in [-0.05, 0) is 63.2 Å². The van der Waals surface area contributed by atoms with Crippen molar-refractivity contribution in [2.45, 2.75) is 32.6 Å². The molecule has 0 radical (unpaired) electrons. The molecule has 0 spiro atoms. The van der Waals surface area contributed by atoms with Crippen molar-refractivity contribution >= 4 is 5.96 Å². The summed E-state index contributed by atoms with van der Waals surface area (Å²) in [7, 11) is 1.89. The Labute approximate surface area is 158 Å². The molecule has 5 heteroatoms. The second-order valence-electron chi connectivity index (χ2n) is 7.55. The number of ether oxygens (including phenoxy) is 1. The fourth-order valence-corrected chi connectivity index (χ4v) is 4.01. The molecule has 0 saturated carbocycles. The van der Waals surface area contributed by atoms with Crippen LogP contribution in [0.3, 0.4) is 0 Å². The lowest BCUT2D eigenvalue weighted by atomic mass is 10.1. The van der Waals surface area contributed by atoms with Gasteiger partial charge in [0.05, 0.1) is 6.61 Å². The van der Waals surface area contributed by atoms with E-state index in [9.17, 15) is 0 Å². The molecule has 2 saturated heterocycles. The Morgan fingerprint density at radius 2 is 2.04 bits per heavy atom. The van der Waals surface area contributed by atoms with Crippen molar-refractivity contribution in [3.8, 4) is 5.75 Å². The van der Waals surface area contributed by atoms with Crippen LogP contribution in [0.2, 0.25) is 0 Å². The van der Waals surface area contributed by atoms with Crippen LogP contribution < -0.4 is 10.1 Å². The predicted molar refractivity (Wildman–Crippen MR) is 108 cm³/mol. The summed E-state index contributed by atoms with van der Waals surface area (Å²) in [5.74, 6) is 2.82. The molecular weight excluding hydrogens is 324 g/mol. The normalized spacial score (nSPS) is 21.4. The second-order valence-corrected chi connectivity index (χ2v) is 7.55. The van der Waals surface area contributed by atoms with Gasteiger partial charge in [-0.1, -0.05) is 18.2 Å². The van der Waals surface area contributed by atoms with Gasteiger partial charge >= 0.3 is 0 Å². The standard InChI is InChI=1S/C21H34N4O/c1-18-8-3-4-9-20(18)26-15-7-11-23-21(22-2)25-14-10-19(17-25)16-24-12-5-6-13-24/h3-4,8-9,19H,5-7,10-17H2,1-2H3,(H,22,23). The van der Waals surface area contributed by atoms with Gasteiger partial charge in [-0.15, -0.1) is 0 Å². The van der Waals surface area contributed by atoms with Gasteiger partial charge in [-0.2, -0.15) is 0 Å². The number of para-hydroxylation sites is 1. The SMILES string of the molecule is CN=C(NCCCOc1ccccc1C)N1CCC(CN2CCCC2)C1. The highest BCUT2D eigenvalue weighted by Gasteiger charge is 2.27. The minimum absolute atomic E-state index is 0.729. The lowest BCUT2D eigenvalue weighted by molar-refractivity contribution is 0.280. The lowest BCUT2D eigenvalue weighted by Crippen LogP contribution is -2.41. The van der Waals surface area contributed by atoms with Gasteiger partial charge in [0.15, 0.2) is 5.96 Å². The predicted octanol–water partition coefficient (Wildman–Crippen LogP) is 2.76. The fraction of sp³-hybridized carbons (Fsp3) is 0.667. The number of hydrogen-bond donors (Lipinski definition) is 1. The largest absolute Gasteiger partial charge is 0.493 e. The summed E-state index contributed by atoms with van der Waals surface area (Å²) in [5, 5.41) is 3.51. The first-order chi connectivity index (χ1) is 12.8. The highest BCUT2D eigenvalue weighted by atomic mass is 16.5. The van der Waals surface area contributed by atoms with Crippen LogP contribution in [-0.2, 0) is 0 Å². The maximum atomic E-state index is 5.87. The first-order valence-electron chi connectivity index (χ1n) is 10.1. The summed E-state index contributed by atoms with van der Waals surface area (Å²) < 4.78 is 5.87. The van der Waals surface area contributed by atoms with Crippen LogP contribution in [0.4, 0.5) is 0 Å². The van der Waals surface area contributed by atoms with E-state index in [0.717, 1.165) is 50.3 Å². The van der Waals surface area contributed by atoms with E-state index in [-0.39, 0.29) is 0 Å². The molecule has 2 heterocycles. The molecule has 26 heavy (non-hydrogen) atoms. The van der Waals surface area contributed by atoms with Crippen LogP contribution in [0.25, 0.3) is 0 Å². The van der Waals surface area contributed by atoms with Crippen molar-refractivity contribution in [1.29, 1.82) is 0 Å². The Morgan fingerprint density at radius 3 is 2.81 bits per heavy atom. The van der Waals surface area contributed by atoms with E-state index in [4.69, 9.17) is 4.74 Å². The molecule has 1 aromatic rings. The Morgan fingerprint density at radius 1 is 1.23 bits per heavy atom. The van der Waals surface area contributed by atoms with Crippen molar-refractivity contribution < 1.29 is 4.74 Å². The van der Waals surface area contributed by atoms with E-state index in [1.807, 2.05) is 25.2 Å². The number of nitrogens with zero attached hydrogens (tertiary/aromatic N) is 3. The zero-order valence-corrected chi connectivity index (χ0v) is 16.4. The number of aryl methyl sites for hydroxylation is 1. The minimum atomic E-state index is 0.729. The summed E-state index contributed by atoms with van der Waals surface area (Å²) in [6.45, 7) is 9.82. The molecule has 3 rings (SSSR count). The summed E-state index contributed by atoms with van der Waals surface area (Å²) in [6, 6.07) is 8.18. The number of hydrogen-bond acceptors (Lipinski definition) is 3. The van der Waals surface area contributed by atoms with E-state index >= 15 is 0 Å². The van der Waals surface area contributed by atoms with Crippen LogP contribution in [0, 0.1) is 12.8 Å². The average molecular weight is 359 g/mol. The van der Waals surface area contributed by atoms with Gasteiger partial charge in [-0.3, -0.25) is 4.99 Å². The molecule has 1 atom stereocenters. The molecule has 2 aliphatic heterocycles. The number of likely N-dealkylation sites (tertiary alicyclic amines) is 2. The highest BCUT2D eigenvalue weighted by Crippen LogP contribution is 2.20. The van der Waals surface area contributed by atoms with Crippen LogP contribution in [0.5, 0.6) is 5.75 Å². The van der Waals surface area contributed by atoms with Crippen LogP contribution in [-0.4, -0.2) is 68.7 Å². The van der Waals surface area contributed by atoms with Gasteiger partial charge < -0.3 is 19.9 Å². The van der Waals surface area contributed by atoms with Gasteiger partial charge in [0, 0.05) is 33.2 Å². The third-order valence-corrected chi connectivity index (χ3v) is 5.47. The van der Waals surface area contributed by atoms with E-state index < -0.39 is 0 Å². The number of rotatable bonds is 7. The van der Waals surface area contributed by atoms with Gasteiger partial charge in [0.25, 0.3) is 0 Å². The quantitative estimate of drug-likeness (QED) is 0.462. The topological polar surface area (TPSA) is 40.1 Å². The fourth-order valence-electron chi connectivity index (χ4n) is 4.01. The molecule has 2 fully saturated rings. The maximum absolute atomic E-state index is 5.87. The summed E-state index contributed by atoms with van der Waals surface area (Å²) in [4.78, 5) is 9.54. The Balaban J connectivity index is 1.34. The molecule has 0 bridgehead atoms. The average Bonchev–Trinajstić information content (AvgIpc) is 3.32. The monoisotopic (exact) mass is 358 g/mol. The van der Waals surface area contributed by atoms with E-state index in [0.29, 0.717) is 0 Å². The molecule has 0 aliphatic carbocycles. The van der Waals surface area contributed by atoms with Crippen molar-refractivity contribution in [3.63, 3.8) is 0 Å². The Hall–Kier alpha value is -1.75. The molecular formula is C21H34N4O. The molecule has 1 aromatic carbocycles. The first kappa shape index (κ1) is 19.0. The summed E-state index contributed by atoms with van der Waals surface area (Å²) in [5.41, 5.74) is 1.19. The summed E-state index contributed by atoms with van der Waals surface area (Å²) >= 11 is 0. The van der Waals surface area contributed by atoms with E-state index in [1.165, 1.54) is 44.5 Å². The Kier molecular flexibility index (Phi) is 7.18. The van der Waals surface area contributed by atoms with Crippen molar-refractivity contribution in [3.05, 3.63) is 29.8 Å². The Bertz CT molecular complexity index is 583. The maximum Gasteiger partial charge on any atom is 0.193 e. The molecule has 1 unspecified atom stereocenters. The zero-order valence-electron chi connectivity index (χ0n) is 16.4. The number of guanidine groups is 1. The van der Waals surface area contributed by atoms with E-state index in [1.54, 1.807) is 0 Å². The van der Waals surface area contributed by atoms with Gasteiger partial charge in [0.2, 0.25) is 0 Å². The number of aliphatic imine (C=N–C) groups is 1. The van der Waals surface area contributed by atoms with E-state index in [2.05, 4.69) is 33.1 Å². The van der Waals surface area contributed by atoms with Crippen molar-refractivity contribution in [1.82, 2.24) is 15.1 Å². The number of nitrogens with one attached hydrogen (secondary N) is 1. The number of benzene rings is 1. The minimum Gasteiger partial charge on any atom is -0.493 e. The molecule has 144 valence electrons. The van der Waals surface area contributed by atoms with Crippen molar-refractivity contribution in [2.24, 2.45) is 10.9 Å². The van der Waals surface area contributed by atoms with Gasteiger partial charge in [-0.25, -0.2) is 0 Å². The van der Waals surface area contributed by atoms with Crippen LogP contribution in [0.15, 0.2) is 29.3 Å². The van der Waals surface area contributed by atoms with Gasteiger partial charge in [0.1, 0.15) is 5.75 Å². The molecule has 2 aliphatic rings. The van der Waals surface area contributed by atoms with Crippen molar-refractivity contribution in [2.75, 3.05) is 52.9 Å². The molecule has 1 N–H and O–H groups in total. The lowest BCUT2D eigenvalue weighted by Gasteiger charge is -2.23. The summed E-state index contributed by atoms with van der Waals surface area (Å²) in [6.07, 6.45) is 5.01. The highest BCUT2D eigenvalue weighted by molar-refractivity contribution is 5.80. The first-order valence-corrected chi connectivity index (χ1v) is 10.1. The molecule has 0 aromatic heterocycles. The third-order valence-electron chi connectivity index (χ3n) is 5.47. The smallest absolute Gasteiger partial charge is 0.193 e. The molecule has 0 amide bonds. The van der Waals surface area contributed by atoms with Crippen LogP contribution >= 0.6 is 0 Å². The second kappa shape index (κ2) is 9.81.